The van der Waals surface area contributed by atoms with Crippen LogP contribution in [0.15, 0.2) is 30.3 Å². The normalized spacial score (nSPS) is 14.7. The van der Waals surface area contributed by atoms with Gasteiger partial charge in [0.15, 0.2) is 0 Å². The average Bonchev–Trinajstić information content (AvgIpc) is 2.51. The van der Waals surface area contributed by atoms with Gasteiger partial charge in [0.25, 0.3) is 0 Å². The molecule has 0 amide bonds. The average molecular weight is 291 g/mol. The van der Waals surface area contributed by atoms with Crippen molar-refractivity contribution in [3.05, 3.63) is 30.3 Å². The van der Waals surface area contributed by atoms with Gasteiger partial charge in [0.1, 0.15) is 0 Å². The lowest BCUT2D eigenvalue weighted by Gasteiger charge is -2.38. The lowest BCUT2D eigenvalue weighted by Crippen LogP contribution is -2.44. The molecule has 1 rings (SSSR count). The minimum Gasteiger partial charge on any atom is -0.390 e. The van der Waals surface area contributed by atoms with Crippen LogP contribution in [0.4, 0.5) is 5.69 Å². The molecule has 0 radical (unpaired) electrons. The predicted molar refractivity (Wildman–Crippen MR) is 92.7 cm³/mol. The summed E-state index contributed by atoms with van der Waals surface area (Å²) in [5, 5.41) is 14.7. The van der Waals surface area contributed by atoms with Crippen LogP contribution in [0, 0.1) is 5.92 Å². The summed E-state index contributed by atoms with van der Waals surface area (Å²) in [6, 6.07) is 10.5. The molecule has 0 aromatic heterocycles. The molecular weight excluding hydrogens is 258 g/mol. The zero-order valence-corrected chi connectivity index (χ0v) is 14.2. The summed E-state index contributed by atoms with van der Waals surface area (Å²) in [5.41, 5.74) is 0.581. The molecule has 0 aliphatic heterocycles. The maximum absolute atomic E-state index is 11.2. The minimum atomic E-state index is -0.548. The van der Waals surface area contributed by atoms with E-state index in [-0.39, 0.29) is 12.0 Å². The maximum atomic E-state index is 11.2. The lowest BCUT2D eigenvalue weighted by molar-refractivity contribution is -0.0353. The van der Waals surface area contributed by atoms with E-state index in [4.69, 9.17) is 0 Å². The molecule has 1 aromatic carbocycles. The number of rotatable bonds is 10. The molecule has 2 nitrogen and oxygen atoms in total. The molecule has 0 heterocycles. The molecule has 2 N–H and O–H groups in total. The second-order valence-corrected chi connectivity index (χ2v) is 6.40. The van der Waals surface area contributed by atoms with E-state index in [0.29, 0.717) is 0 Å². The van der Waals surface area contributed by atoms with Crippen molar-refractivity contribution in [1.82, 2.24) is 0 Å². The van der Waals surface area contributed by atoms with E-state index in [2.05, 4.69) is 45.1 Å². The highest BCUT2D eigenvalue weighted by molar-refractivity contribution is 5.43. The van der Waals surface area contributed by atoms with Crippen molar-refractivity contribution in [3.63, 3.8) is 0 Å². The Morgan fingerprint density at radius 1 is 1.00 bits per heavy atom. The van der Waals surface area contributed by atoms with Gasteiger partial charge in [0, 0.05) is 17.6 Å². The van der Waals surface area contributed by atoms with E-state index in [1.165, 1.54) is 0 Å². The molecule has 0 fully saturated rings. The van der Waals surface area contributed by atoms with Crippen molar-refractivity contribution in [2.24, 2.45) is 5.92 Å². The minimum absolute atomic E-state index is 0.232. The van der Waals surface area contributed by atoms with Crippen molar-refractivity contribution >= 4 is 5.69 Å². The summed E-state index contributed by atoms with van der Waals surface area (Å²) in [6.07, 6.45) is 6.30. The lowest BCUT2D eigenvalue weighted by atomic mass is 9.77. The van der Waals surface area contributed by atoms with E-state index in [1.807, 2.05) is 18.2 Å². The quantitative estimate of drug-likeness (QED) is 0.618. The molecule has 0 aliphatic carbocycles. The Morgan fingerprint density at radius 3 is 2.00 bits per heavy atom. The Kier molecular flexibility index (Phi) is 7.81. The maximum Gasteiger partial charge on any atom is 0.0692 e. The van der Waals surface area contributed by atoms with Crippen molar-refractivity contribution in [2.45, 2.75) is 77.9 Å². The molecule has 2 atom stereocenters. The van der Waals surface area contributed by atoms with Gasteiger partial charge in [-0.15, -0.1) is 0 Å². The third kappa shape index (κ3) is 5.70. The van der Waals surface area contributed by atoms with Crippen LogP contribution < -0.4 is 5.32 Å². The number of hydrogen-bond donors (Lipinski definition) is 2. The Labute approximate surface area is 131 Å². The fraction of sp³-hybridized carbons (Fsp3) is 0.684. The number of para-hydroxylation sites is 1. The smallest absolute Gasteiger partial charge is 0.0692 e. The summed E-state index contributed by atoms with van der Waals surface area (Å²) in [4.78, 5) is 0. The second kappa shape index (κ2) is 9.09. The van der Waals surface area contributed by atoms with Crippen molar-refractivity contribution in [2.75, 3.05) is 5.32 Å². The standard InChI is InChI=1S/C19H33NO/c1-5-7-14-19(21,15-8-6-2)16(3)17(4)20-18-12-10-9-11-13-18/h9-13,16-17,20-21H,5-8,14-15H2,1-4H3. The molecule has 0 aliphatic rings. The molecule has 2 unspecified atom stereocenters. The Morgan fingerprint density at radius 2 is 1.52 bits per heavy atom. The molecule has 0 bridgehead atoms. The topological polar surface area (TPSA) is 32.3 Å². The number of aliphatic hydroxyl groups is 1. The highest BCUT2D eigenvalue weighted by Gasteiger charge is 2.35. The third-order valence-corrected chi connectivity index (χ3v) is 4.69. The summed E-state index contributed by atoms with van der Waals surface area (Å²) in [5.74, 6) is 0.232. The molecule has 0 saturated carbocycles. The number of unbranched alkanes of at least 4 members (excludes halogenated alkanes) is 2. The van der Waals surface area contributed by atoms with Crippen LogP contribution in [-0.4, -0.2) is 16.7 Å². The van der Waals surface area contributed by atoms with E-state index in [9.17, 15) is 5.11 Å². The van der Waals surface area contributed by atoms with Crippen molar-refractivity contribution in [3.8, 4) is 0 Å². The van der Waals surface area contributed by atoms with Gasteiger partial charge in [-0.1, -0.05) is 64.7 Å². The van der Waals surface area contributed by atoms with Gasteiger partial charge < -0.3 is 10.4 Å². The molecule has 1 aromatic rings. The molecule has 120 valence electrons. The number of nitrogens with one attached hydrogen (secondary N) is 1. The van der Waals surface area contributed by atoms with Crippen LogP contribution in [0.5, 0.6) is 0 Å². The van der Waals surface area contributed by atoms with Crippen molar-refractivity contribution in [1.29, 1.82) is 0 Å². The van der Waals surface area contributed by atoms with Crippen LogP contribution in [-0.2, 0) is 0 Å². The van der Waals surface area contributed by atoms with Crippen LogP contribution in [0.25, 0.3) is 0 Å². The van der Waals surface area contributed by atoms with Crippen molar-refractivity contribution < 1.29 is 5.11 Å². The first-order valence-electron chi connectivity index (χ1n) is 8.57. The summed E-state index contributed by atoms with van der Waals surface area (Å²) in [7, 11) is 0. The highest BCUT2D eigenvalue weighted by Crippen LogP contribution is 2.32. The molecule has 0 saturated heterocycles. The fourth-order valence-electron chi connectivity index (χ4n) is 2.93. The van der Waals surface area contributed by atoms with Gasteiger partial charge >= 0.3 is 0 Å². The van der Waals surface area contributed by atoms with E-state index in [1.54, 1.807) is 0 Å². The number of hydrogen-bond acceptors (Lipinski definition) is 2. The SMILES string of the molecule is CCCCC(O)(CCCC)C(C)C(C)Nc1ccccc1. The Bertz CT molecular complexity index is 368. The van der Waals surface area contributed by atoms with E-state index in [0.717, 1.165) is 44.2 Å². The van der Waals surface area contributed by atoms with E-state index < -0.39 is 5.60 Å². The van der Waals surface area contributed by atoms with Gasteiger partial charge in [-0.2, -0.15) is 0 Å². The number of benzene rings is 1. The zero-order chi connectivity index (χ0) is 15.7. The van der Waals surface area contributed by atoms with Crippen LogP contribution in [0.1, 0.15) is 66.2 Å². The van der Waals surface area contributed by atoms with Crippen LogP contribution in [0.2, 0.25) is 0 Å². The van der Waals surface area contributed by atoms with Gasteiger partial charge in [-0.05, 0) is 31.9 Å². The fourth-order valence-corrected chi connectivity index (χ4v) is 2.93. The van der Waals surface area contributed by atoms with Gasteiger partial charge in [-0.25, -0.2) is 0 Å². The molecule has 0 spiro atoms. The Balaban J connectivity index is 2.70. The predicted octanol–water partition coefficient (Wildman–Crippen LogP) is 5.23. The number of anilines is 1. The van der Waals surface area contributed by atoms with Gasteiger partial charge in [0.2, 0.25) is 0 Å². The highest BCUT2D eigenvalue weighted by atomic mass is 16.3. The largest absolute Gasteiger partial charge is 0.390 e. The van der Waals surface area contributed by atoms with Crippen LogP contribution in [0.3, 0.4) is 0 Å². The van der Waals surface area contributed by atoms with Gasteiger partial charge in [0.05, 0.1) is 5.60 Å². The molecular formula is C19H33NO. The summed E-state index contributed by atoms with van der Waals surface area (Å²) < 4.78 is 0. The Hall–Kier alpha value is -1.02. The first kappa shape index (κ1) is 18.0. The van der Waals surface area contributed by atoms with Crippen LogP contribution >= 0.6 is 0 Å². The third-order valence-electron chi connectivity index (χ3n) is 4.69. The molecule has 21 heavy (non-hydrogen) atoms. The molecule has 2 heteroatoms. The summed E-state index contributed by atoms with van der Waals surface area (Å²) >= 11 is 0. The summed E-state index contributed by atoms with van der Waals surface area (Å²) in [6.45, 7) is 8.75. The monoisotopic (exact) mass is 291 g/mol. The zero-order valence-electron chi connectivity index (χ0n) is 14.2. The second-order valence-electron chi connectivity index (χ2n) is 6.40. The first-order chi connectivity index (χ1) is 10.0. The van der Waals surface area contributed by atoms with Gasteiger partial charge in [-0.3, -0.25) is 0 Å². The first-order valence-corrected chi connectivity index (χ1v) is 8.57. The van der Waals surface area contributed by atoms with E-state index >= 15 is 0 Å².